The van der Waals surface area contributed by atoms with Gasteiger partial charge in [0.25, 0.3) is 0 Å². The van der Waals surface area contributed by atoms with Crippen LogP contribution in [-0.4, -0.2) is 26.6 Å². The van der Waals surface area contributed by atoms with E-state index in [4.69, 9.17) is 4.74 Å². The van der Waals surface area contributed by atoms with E-state index in [-0.39, 0.29) is 18.0 Å². The molecule has 6 heteroatoms. The Labute approximate surface area is 147 Å². The lowest BCUT2D eigenvalue weighted by atomic mass is 10.2. The number of pyridine rings is 1. The molecule has 3 aromatic rings. The molecule has 0 saturated heterocycles. The van der Waals surface area contributed by atoms with Gasteiger partial charge in [0.15, 0.2) is 0 Å². The highest BCUT2D eigenvalue weighted by Gasteiger charge is 2.12. The van der Waals surface area contributed by atoms with E-state index in [9.17, 15) is 8.42 Å². The lowest BCUT2D eigenvalue weighted by Gasteiger charge is -2.09. The molecule has 2 aromatic carbocycles. The summed E-state index contributed by atoms with van der Waals surface area (Å²) < 4.78 is 32.7. The first-order valence-electron chi connectivity index (χ1n) is 8.15. The lowest BCUT2D eigenvalue weighted by molar-refractivity contribution is 0.323. The van der Waals surface area contributed by atoms with E-state index in [0.29, 0.717) is 5.75 Å². The summed E-state index contributed by atoms with van der Waals surface area (Å²) in [6, 6.07) is 16.3. The molecule has 0 atom stereocenters. The average Bonchev–Trinajstić information content (AvgIpc) is 2.65. The molecular formula is C19H20N2O3S. The van der Waals surface area contributed by atoms with E-state index >= 15 is 0 Å². The first kappa shape index (κ1) is 17.4. The lowest BCUT2D eigenvalue weighted by Crippen LogP contribution is -2.28. The normalized spacial score (nSPS) is 11.6. The fraction of sp³-hybridized carbons (Fsp3) is 0.211. The first-order valence-corrected chi connectivity index (χ1v) is 9.63. The second-order valence-corrected chi connectivity index (χ2v) is 7.37. The number of hydrogen-bond acceptors (Lipinski definition) is 4. The van der Waals surface area contributed by atoms with Gasteiger partial charge in [0.2, 0.25) is 10.0 Å². The minimum absolute atomic E-state index is 0.197. The molecule has 0 radical (unpaired) electrons. The van der Waals surface area contributed by atoms with Crippen LogP contribution in [0.25, 0.3) is 10.9 Å². The van der Waals surface area contributed by atoms with Crippen LogP contribution >= 0.6 is 0 Å². The predicted molar refractivity (Wildman–Crippen MR) is 98.2 cm³/mol. The second kappa shape index (κ2) is 7.63. The van der Waals surface area contributed by atoms with Crippen molar-refractivity contribution >= 4 is 20.9 Å². The summed E-state index contributed by atoms with van der Waals surface area (Å²) in [4.78, 5) is 4.51. The zero-order valence-corrected chi connectivity index (χ0v) is 14.8. The maximum Gasteiger partial charge on any atom is 0.240 e. The monoisotopic (exact) mass is 356 g/mol. The highest BCUT2D eigenvalue weighted by Crippen LogP contribution is 2.18. The molecule has 0 fully saturated rings. The Morgan fingerprint density at radius 2 is 1.88 bits per heavy atom. The number of hydrogen-bond donors (Lipinski definition) is 1. The van der Waals surface area contributed by atoms with Gasteiger partial charge < -0.3 is 4.74 Å². The summed E-state index contributed by atoms with van der Waals surface area (Å²) >= 11 is 0. The first-order chi connectivity index (χ1) is 12.1. The summed E-state index contributed by atoms with van der Waals surface area (Å²) in [5.74, 6) is 0.687. The Balaban J connectivity index is 1.56. The molecule has 0 aliphatic heterocycles. The number of benzene rings is 2. The van der Waals surface area contributed by atoms with Gasteiger partial charge in [0, 0.05) is 18.1 Å². The number of fused-ring (bicyclic) bond motifs is 1. The van der Waals surface area contributed by atoms with Crippen molar-refractivity contribution in [2.75, 3.05) is 13.2 Å². The maximum atomic E-state index is 12.2. The van der Waals surface area contributed by atoms with Crippen molar-refractivity contribution in [3.8, 4) is 5.75 Å². The third-order valence-corrected chi connectivity index (χ3v) is 5.36. The van der Waals surface area contributed by atoms with Crippen LogP contribution in [0, 0.1) is 0 Å². The van der Waals surface area contributed by atoms with E-state index in [1.165, 1.54) is 0 Å². The van der Waals surface area contributed by atoms with Crippen LogP contribution in [0.5, 0.6) is 5.75 Å². The smallest absolute Gasteiger partial charge is 0.240 e. The third kappa shape index (κ3) is 4.35. The van der Waals surface area contributed by atoms with Crippen molar-refractivity contribution in [2.24, 2.45) is 0 Å². The average molecular weight is 356 g/mol. The number of rotatable bonds is 7. The van der Waals surface area contributed by atoms with E-state index in [1.54, 1.807) is 18.3 Å². The SMILES string of the molecule is CCc1ccc(S(=O)(=O)NCCOc2ccc3ncccc3c2)cc1. The van der Waals surface area contributed by atoms with Gasteiger partial charge in [-0.1, -0.05) is 25.1 Å². The molecule has 0 saturated carbocycles. The summed E-state index contributed by atoms with van der Waals surface area (Å²) in [6.45, 7) is 2.48. The molecule has 0 aliphatic carbocycles. The third-order valence-electron chi connectivity index (χ3n) is 3.88. The van der Waals surface area contributed by atoms with E-state index in [1.807, 2.05) is 49.4 Å². The summed E-state index contributed by atoms with van der Waals surface area (Å²) in [5.41, 5.74) is 2.00. The predicted octanol–water partition coefficient (Wildman–Crippen LogP) is 3.15. The van der Waals surface area contributed by atoms with E-state index < -0.39 is 10.0 Å². The molecule has 1 N–H and O–H groups in total. The Hall–Kier alpha value is -2.44. The highest BCUT2D eigenvalue weighted by atomic mass is 32.2. The number of nitrogens with one attached hydrogen (secondary N) is 1. The van der Waals surface area contributed by atoms with E-state index in [2.05, 4.69) is 9.71 Å². The largest absolute Gasteiger partial charge is 0.492 e. The number of nitrogens with zero attached hydrogens (tertiary/aromatic N) is 1. The Morgan fingerprint density at radius 3 is 2.64 bits per heavy atom. The maximum absolute atomic E-state index is 12.2. The van der Waals surface area contributed by atoms with Gasteiger partial charge in [-0.2, -0.15) is 0 Å². The zero-order chi connectivity index (χ0) is 17.7. The van der Waals surface area contributed by atoms with Crippen molar-refractivity contribution in [2.45, 2.75) is 18.2 Å². The van der Waals surface area contributed by atoms with Crippen LogP contribution in [0.3, 0.4) is 0 Å². The van der Waals surface area contributed by atoms with Gasteiger partial charge in [-0.25, -0.2) is 13.1 Å². The van der Waals surface area contributed by atoms with Crippen LogP contribution < -0.4 is 9.46 Å². The molecule has 1 heterocycles. The van der Waals surface area contributed by atoms with E-state index in [0.717, 1.165) is 22.9 Å². The molecule has 25 heavy (non-hydrogen) atoms. The molecule has 0 unspecified atom stereocenters. The minimum atomic E-state index is -3.51. The van der Waals surface area contributed by atoms with Crippen LogP contribution in [0.1, 0.15) is 12.5 Å². The van der Waals surface area contributed by atoms with Crippen molar-refractivity contribution in [3.05, 3.63) is 66.4 Å². The fourth-order valence-corrected chi connectivity index (χ4v) is 3.49. The fourth-order valence-electron chi connectivity index (χ4n) is 2.48. The number of aryl methyl sites for hydroxylation is 1. The van der Waals surface area contributed by atoms with Gasteiger partial charge in [0.05, 0.1) is 10.4 Å². The topological polar surface area (TPSA) is 68.3 Å². The van der Waals surface area contributed by atoms with Crippen molar-refractivity contribution < 1.29 is 13.2 Å². The van der Waals surface area contributed by atoms with Crippen LogP contribution in [0.15, 0.2) is 65.7 Å². The molecule has 0 amide bonds. The molecular weight excluding hydrogens is 336 g/mol. The van der Waals surface area contributed by atoms with Gasteiger partial charge in [-0.15, -0.1) is 0 Å². The number of ether oxygens (including phenoxy) is 1. The van der Waals surface area contributed by atoms with Crippen LogP contribution in [0.4, 0.5) is 0 Å². The second-order valence-electron chi connectivity index (χ2n) is 5.60. The Bertz CT molecular complexity index is 954. The van der Waals surface area contributed by atoms with Crippen molar-refractivity contribution in [1.29, 1.82) is 0 Å². The summed E-state index contributed by atoms with van der Waals surface area (Å²) in [7, 11) is -3.51. The molecule has 3 rings (SSSR count). The van der Waals surface area contributed by atoms with Gasteiger partial charge in [-0.05, 0) is 48.4 Å². The van der Waals surface area contributed by atoms with Gasteiger partial charge in [0.1, 0.15) is 12.4 Å². The molecule has 1 aromatic heterocycles. The molecule has 5 nitrogen and oxygen atoms in total. The molecule has 0 aliphatic rings. The Morgan fingerprint density at radius 1 is 1.08 bits per heavy atom. The number of aromatic nitrogens is 1. The van der Waals surface area contributed by atoms with Gasteiger partial charge >= 0.3 is 0 Å². The summed E-state index contributed by atoms with van der Waals surface area (Å²) in [5, 5.41) is 0.983. The van der Waals surface area contributed by atoms with Crippen molar-refractivity contribution in [3.63, 3.8) is 0 Å². The molecule has 130 valence electrons. The highest BCUT2D eigenvalue weighted by molar-refractivity contribution is 7.89. The summed E-state index contributed by atoms with van der Waals surface area (Å²) in [6.07, 6.45) is 2.62. The Kier molecular flexibility index (Phi) is 5.31. The standard InChI is InChI=1S/C19H20N2O3S/c1-2-15-5-8-18(9-6-15)25(22,23)21-12-13-24-17-7-10-19-16(14-17)4-3-11-20-19/h3-11,14,21H,2,12-13H2,1H3. The van der Waals surface area contributed by atoms with Crippen LogP contribution in [0.2, 0.25) is 0 Å². The zero-order valence-electron chi connectivity index (χ0n) is 14.0. The molecule has 0 bridgehead atoms. The minimum Gasteiger partial charge on any atom is -0.492 e. The van der Waals surface area contributed by atoms with Gasteiger partial charge in [-0.3, -0.25) is 4.98 Å². The van der Waals surface area contributed by atoms with Crippen LogP contribution in [-0.2, 0) is 16.4 Å². The quantitative estimate of drug-likeness (QED) is 0.660. The van der Waals surface area contributed by atoms with Crippen molar-refractivity contribution in [1.82, 2.24) is 9.71 Å². The number of sulfonamides is 1. The molecule has 0 spiro atoms.